The summed E-state index contributed by atoms with van der Waals surface area (Å²) in [6, 6.07) is 0. The Balaban J connectivity index is 2.40. The van der Waals surface area contributed by atoms with Gasteiger partial charge in [-0.05, 0) is 20.3 Å². The van der Waals surface area contributed by atoms with Crippen LogP contribution in [0.3, 0.4) is 0 Å². The third-order valence-electron chi connectivity index (χ3n) is 2.46. The Bertz CT molecular complexity index is 371. The Kier molecular flexibility index (Phi) is 5.97. The fraction of sp³-hybridized carbons (Fsp3) is 0.667. The molecule has 1 rings (SSSR count). The monoisotopic (exact) mass is 254 g/mol. The molecule has 0 atom stereocenters. The van der Waals surface area contributed by atoms with E-state index >= 15 is 0 Å². The molecule has 17 heavy (non-hydrogen) atoms. The second kappa shape index (κ2) is 7.27. The van der Waals surface area contributed by atoms with E-state index in [1.165, 1.54) is 17.7 Å². The van der Waals surface area contributed by atoms with E-state index in [1.807, 2.05) is 13.8 Å². The van der Waals surface area contributed by atoms with Gasteiger partial charge in [0.2, 0.25) is 0 Å². The van der Waals surface area contributed by atoms with E-state index in [2.05, 4.69) is 27.5 Å². The predicted molar refractivity (Wildman–Crippen MR) is 74.7 cm³/mol. The molecule has 1 aromatic heterocycles. The number of nitrogens with zero attached hydrogens (tertiary/aromatic N) is 2. The summed E-state index contributed by atoms with van der Waals surface area (Å²) in [4.78, 5) is 9.88. The van der Waals surface area contributed by atoms with Crippen LogP contribution in [-0.2, 0) is 6.54 Å². The topological polar surface area (TPSA) is 49.3 Å². The van der Waals surface area contributed by atoms with E-state index < -0.39 is 0 Å². The number of rotatable bonds is 5. The van der Waals surface area contributed by atoms with Crippen molar-refractivity contribution in [1.82, 2.24) is 15.6 Å². The molecule has 96 valence electrons. The average Bonchev–Trinajstić information content (AvgIpc) is 2.62. The van der Waals surface area contributed by atoms with Gasteiger partial charge in [-0.25, -0.2) is 4.98 Å². The highest BCUT2D eigenvalue weighted by Crippen LogP contribution is 2.16. The summed E-state index contributed by atoms with van der Waals surface area (Å²) in [6.45, 7) is 8.03. The highest BCUT2D eigenvalue weighted by molar-refractivity contribution is 7.11. The number of unbranched alkanes of at least 4 members (excludes halogenated alkanes) is 1. The number of aryl methyl sites for hydroxylation is 2. The van der Waals surface area contributed by atoms with Gasteiger partial charge in [-0.15, -0.1) is 11.3 Å². The summed E-state index contributed by atoms with van der Waals surface area (Å²) in [5, 5.41) is 7.72. The van der Waals surface area contributed by atoms with Gasteiger partial charge in [0.1, 0.15) is 0 Å². The van der Waals surface area contributed by atoms with Crippen molar-refractivity contribution in [1.29, 1.82) is 0 Å². The molecule has 0 radical (unpaired) electrons. The Hall–Kier alpha value is -1.10. The maximum Gasteiger partial charge on any atom is 0.191 e. The van der Waals surface area contributed by atoms with E-state index in [-0.39, 0.29) is 0 Å². The molecule has 0 spiro atoms. The van der Waals surface area contributed by atoms with Crippen LogP contribution in [0.4, 0.5) is 0 Å². The zero-order valence-corrected chi connectivity index (χ0v) is 11.9. The average molecular weight is 254 g/mol. The van der Waals surface area contributed by atoms with Gasteiger partial charge >= 0.3 is 0 Å². The van der Waals surface area contributed by atoms with Crippen molar-refractivity contribution in [2.45, 2.75) is 40.2 Å². The number of hydrogen-bond acceptors (Lipinski definition) is 3. The number of hydrogen-bond donors (Lipinski definition) is 2. The lowest BCUT2D eigenvalue weighted by molar-refractivity contribution is 0.729. The van der Waals surface area contributed by atoms with Gasteiger partial charge in [-0.3, -0.25) is 4.99 Å². The second-order valence-corrected chi connectivity index (χ2v) is 5.24. The summed E-state index contributed by atoms with van der Waals surface area (Å²) in [5.41, 5.74) is 1.11. The lowest BCUT2D eigenvalue weighted by atomic mass is 10.3. The number of aromatic nitrogens is 1. The molecule has 0 unspecified atom stereocenters. The minimum atomic E-state index is 0.795. The Labute approximate surface area is 108 Å². The molecule has 5 heteroatoms. The van der Waals surface area contributed by atoms with E-state index in [0.717, 1.165) is 29.8 Å². The van der Waals surface area contributed by atoms with Crippen molar-refractivity contribution in [3.05, 3.63) is 15.6 Å². The lowest BCUT2D eigenvalue weighted by Gasteiger charge is -2.10. The number of thiazole rings is 1. The molecule has 0 amide bonds. The summed E-state index contributed by atoms with van der Waals surface area (Å²) < 4.78 is 0. The summed E-state index contributed by atoms with van der Waals surface area (Å²) in [6.07, 6.45) is 2.36. The number of aliphatic imine (C=N–C) groups is 1. The minimum absolute atomic E-state index is 0.795. The van der Waals surface area contributed by atoms with Gasteiger partial charge in [-0.2, -0.15) is 0 Å². The van der Waals surface area contributed by atoms with Gasteiger partial charge < -0.3 is 10.6 Å². The SMILES string of the molecule is CCCCNC(=NC)NCc1sc(C)nc1C. The highest BCUT2D eigenvalue weighted by Gasteiger charge is 2.05. The summed E-state index contributed by atoms with van der Waals surface area (Å²) in [7, 11) is 1.80. The molecule has 0 aliphatic carbocycles. The summed E-state index contributed by atoms with van der Waals surface area (Å²) in [5.74, 6) is 0.865. The van der Waals surface area contributed by atoms with Crippen LogP contribution in [0.1, 0.15) is 35.3 Å². The van der Waals surface area contributed by atoms with Crippen LogP contribution >= 0.6 is 11.3 Å². The van der Waals surface area contributed by atoms with Gasteiger partial charge in [0.15, 0.2) is 5.96 Å². The van der Waals surface area contributed by atoms with Crippen LogP contribution in [0.2, 0.25) is 0 Å². The predicted octanol–water partition coefficient (Wildman–Crippen LogP) is 2.23. The molecule has 0 fully saturated rings. The van der Waals surface area contributed by atoms with Gasteiger partial charge in [0.05, 0.1) is 17.2 Å². The molecule has 1 aromatic rings. The molecule has 1 heterocycles. The maximum absolute atomic E-state index is 4.41. The van der Waals surface area contributed by atoms with E-state index in [0.29, 0.717) is 0 Å². The first-order valence-corrected chi connectivity index (χ1v) is 6.86. The third kappa shape index (κ3) is 4.73. The van der Waals surface area contributed by atoms with Crippen LogP contribution in [0.5, 0.6) is 0 Å². The van der Waals surface area contributed by atoms with Gasteiger partial charge in [-0.1, -0.05) is 13.3 Å². The zero-order valence-electron chi connectivity index (χ0n) is 11.1. The molecule has 0 saturated carbocycles. The van der Waals surface area contributed by atoms with Crippen molar-refractivity contribution in [2.24, 2.45) is 4.99 Å². The van der Waals surface area contributed by atoms with Crippen molar-refractivity contribution in [3.8, 4) is 0 Å². The molecular formula is C12H22N4S. The molecule has 0 aliphatic rings. The molecule has 2 N–H and O–H groups in total. The van der Waals surface area contributed by atoms with Gasteiger partial charge in [0, 0.05) is 18.5 Å². The Morgan fingerprint density at radius 1 is 1.35 bits per heavy atom. The molecular weight excluding hydrogens is 232 g/mol. The first-order valence-electron chi connectivity index (χ1n) is 6.04. The van der Waals surface area contributed by atoms with E-state index in [4.69, 9.17) is 0 Å². The first-order chi connectivity index (χ1) is 8.17. The quantitative estimate of drug-likeness (QED) is 0.481. The van der Waals surface area contributed by atoms with Gasteiger partial charge in [0.25, 0.3) is 0 Å². The van der Waals surface area contributed by atoms with Crippen LogP contribution < -0.4 is 10.6 Å². The fourth-order valence-corrected chi connectivity index (χ4v) is 2.38. The van der Waals surface area contributed by atoms with Crippen molar-refractivity contribution >= 4 is 17.3 Å². The standard InChI is InChI=1S/C12H22N4S/c1-5-6-7-14-12(13-4)15-8-11-9(2)16-10(3)17-11/h5-8H2,1-4H3,(H2,13,14,15). The lowest BCUT2D eigenvalue weighted by Crippen LogP contribution is -2.37. The Morgan fingerprint density at radius 3 is 2.65 bits per heavy atom. The minimum Gasteiger partial charge on any atom is -0.356 e. The van der Waals surface area contributed by atoms with E-state index in [9.17, 15) is 0 Å². The second-order valence-electron chi connectivity index (χ2n) is 3.95. The van der Waals surface area contributed by atoms with Crippen LogP contribution in [-0.4, -0.2) is 24.5 Å². The number of guanidine groups is 1. The maximum atomic E-state index is 4.41. The highest BCUT2D eigenvalue weighted by atomic mass is 32.1. The number of nitrogens with one attached hydrogen (secondary N) is 2. The van der Waals surface area contributed by atoms with E-state index in [1.54, 1.807) is 18.4 Å². The fourth-order valence-electron chi connectivity index (χ4n) is 1.51. The van der Waals surface area contributed by atoms with Crippen molar-refractivity contribution in [2.75, 3.05) is 13.6 Å². The summed E-state index contributed by atoms with van der Waals surface area (Å²) >= 11 is 1.74. The normalized spacial score (nSPS) is 11.6. The van der Waals surface area contributed by atoms with Crippen LogP contribution in [0.15, 0.2) is 4.99 Å². The largest absolute Gasteiger partial charge is 0.356 e. The Morgan fingerprint density at radius 2 is 2.12 bits per heavy atom. The molecule has 0 bridgehead atoms. The van der Waals surface area contributed by atoms with Crippen molar-refractivity contribution < 1.29 is 0 Å². The first kappa shape index (κ1) is 14.0. The molecule has 0 saturated heterocycles. The molecule has 4 nitrogen and oxygen atoms in total. The zero-order chi connectivity index (χ0) is 12.7. The third-order valence-corrected chi connectivity index (χ3v) is 3.54. The van der Waals surface area contributed by atoms with Crippen molar-refractivity contribution in [3.63, 3.8) is 0 Å². The van der Waals surface area contributed by atoms with Crippen LogP contribution in [0.25, 0.3) is 0 Å². The van der Waals surface area contributed by atoms with Crippen LogP contribution in [0, 0.1) is 13.8 Å². The molecule has 0 aliphatic heterocycles. The molecule has 0 aromatic carbocycles. The smallest absolute Gasteiger partial charge is 0.191 e.